The lowest BCUT2D eigenvalue weighted by Gasteiger charge is -2.31. The molecule has 0 atom stereocenters. The number of aliphatic hydroxyl groups is 1. The van der Waals surface area contributed by atoms with Gasteiger partial charge in [0, 0.05) is 6.54 Å². The van der Waals surface area contributed by atoms with Crippen LogP contribution in [0.2, 0.25) is 0 Å². The molecule has 2 fully saturated rings. The first-order chi connectivity index (χ1) is 16.5. The number of piperidine rings is 1. The fourth-order valence-corrected chi connectivity index (χ4v) is 4.66. The number of hydrogen-bond acceptors (Lipinski definition) is 6. The zero-order chi connectivity index (χ0) is 25.6. The molecule has 2 N–H and O–H groups in total. The number of thioether (sulfide) groups is 1. The first-order valence-electron chi connectivity index (χ1n) is 10.9. The molecule has 36 heavy (non-hydrogen) atoms. The van der Waals surface area contributed by atoms with E-state index in [4.69, 9.17) is 9.84 Å². The largest absolute Gasteiger partial charge is 0.416 e. The molecule has 0 aromatic heterocycles. The summed E-state index contributed by atoms with van der Waals surface area (Å²) in [5.41, 5.74) is -2.79. The molecule has 1 aromatic carbocycles. The van der Waals surface area contributed by atoms with Crippen LogP contribution in [0.15, 0.2) is 34.2 Å². The average molecular weight is 562 g/mol. The van der Waals surface area contributed by atoms with Crippen molar-refractivity contribution in [3.05, 3.63) is 45.9 Å². The highest BCUT2D eigenvalue weighted by molar-refractivity contribution is 8.18. The number of benzene rings is 1. The minimum absolute atomic E-state index is 0. The number of amidine groups is 1. The van der Waals surface area contributed by atoms with Crippen molar-refractivity contribution in [2.24, 2.45) is 10.9 Å². The molecule has 3 rings (SSSR count). The third-order valence-corrected chi connectivity index (χ3v) is 6.39. The molecular formula is C22H26ClF6N3O3S. The molecule has 0 saturated carbocycles. The Morgan fingerprint density at radius 2 is 1.83 bits per heavy atom. The van der Waals surface area contributed by atoms with E-state index in [9.17, 15) is 31.1 Å². The summed E-state index contributed by atoms with van der Waals surface area (Å²) in [5.74, 6) is 0.515. The third kappa shape index (κ3) is 8.65. The Kier molecular flexibility index (Phi) is 11.1. The van der Waals surface area contributed by atoms with Crippen LogP contribution in [0.4, 0.5) is 31.1 Å². The second kappa shape index (κ2) is 13.1. The normalized spacial score (nSPS) is 20.1. The fraction of sp³-hybridized carbons (Fsp3) is 0.545. The van der Waals surface area contributed by atoms with E-state index in [1.165, 1.54) is 0 Å². The minimum Gasteiger partial charge on any atom is -0.394 e. The van der Waals surface area contributed by atoms with Gasteiger partial charge in [0.15, 0.2) is 0 Å². The lowest BCUT2D eigenvalue weighted by atomic mass is 9.95. The van der Waals surface area contributed by atoms with Crippen molar-refractivity contribution < 1.29 is 41.0 Å². The summed E-state index contributed by atoms with van der Waals surface area (Å²) in [6.07, 6.45) is -6.59. The number of alkyl halides is 6. The molecule has 0 aliphatic carbocycles. The Bertz CT molecular complexity index is 963. The number of likely N-dealkylation sites (tertiary alicyclic amines) is 1. The number of carbonyl (C=O) groups excluding carboxylic acids is 1. The van der Waals surface area contributed by atoms with E-state index in [0.717, 1.165) is 17.8 Å². The van der Waals surface area contributed by atoms with Crippen LogP contribution in [0, 0.1) is 5.92 Å². The maximum absolute atomic E-state index is 13.4. The van der Waals surface area contributed by atoms with Crippen LogP contribution in [0.25, 0.3) is 0 Å². The van der Waals surface area contributed by atoms with Crippen LogP contribution in [0.1, 0.15) is 29.5 Å². The summed E-state index contributed by atoms with van der Waals surface area (Å²) >= 11 is 1.02. The molecule has 1 aromatic rings. The van der Waals surface area contributed by atoms with Gasteiger partial charge in [0.2, 0.25) is 0 Å². The Morgan fingerprint density at radius 1 is 1.14 bits per heavy atom. The van der Waals surface area contributed by atoms with Crippen molar-refractivity contribution in [3.8, 4) is 0 Å². The van der Waals surface area contributed by atoms with Crippen LogP contribution in [-0.4, -0.2) is 60.5 Å². The minimum atomic E-state index is -4.89. The molecular weight excluding hydrogens is 536 g/mol. The summed E-state index contributed by atoms with van der Waals surface area (Å²) in [5, 5.41) is 11.1. The molecule has 1 amide bonds. The molecule has 6 nitrogen and oxygen atoms in total. The van der Waals surface area contributed by atoms with E-state index in [-0.39, 0.29) is 55.0 Å². The van der Waals surface area contributed by atoms with Crippen LogP contribution in [0.3, 0.4) is 0 Å². The summed E-state index contributed by atoms with van der Waals surface area (Å²) < 4.78 is 84.1. The lowest BCUT2D eigenvalue weighted by Crippen LogP contribution is -2.33. The zero-order valence-corrected chi connectivity index (χ0v) is 20.6. The highest BCUT2D eigenvalue weighted by Crippen LogP contribution is 2.38. The van der Waals surface area contributed by atoms with Crippen molar-refractivity contribution >= 4 is 35.2 Å². The zero-order valence-electron chi connectivity index (χ0n) is 19.0. The standard InChI is InChI=1S/C22H25F6N3O3S.ClH/c23-21(24,25)16-2-1-15(17(12-16)22(26,27)28)13-31-6-3-14(4-7-31)11-18-19(30-20(33)35-18)29-5-9-34-10-8-32;/h1-2,11-12,14,32H,3-10,13H2,(H,29,30,33);1H/b18-11-;. The molecule has 2 heterocycles. The highest BCUT2D eigenvalue weighted by Gasteiger charge is 2.38. The van der Waals surface area contributed by atoms with Gasteiger partial charge in [-0.15, -0.1) is 12.4 Å². The molecule has 0 unspecified atom stereocenters. The van der Waals surface area contributed by atoms with Crippen molar-refractivity contribution in [1.29, 1.82) is 0 Å². The Labute approximate surface area is 214 Å². The number of nitrogens with zero attached hydrogens (tertiary/aromatic N) is 2. The molecule has 0 radical (unpaired) electrons. The maximum Gasteiger partial charge on any atom is 0.416 e. The quantitative estimate of drug-likeness (QED) is 0.341. The van der Waals surface area contributed by atoms with Crippen LogP contribution < -0.4 is 5.32 Å². The topological polar surface area (TPSA) is 74.2 Å². The van der Waals surface area contributed by atoms with Gasteiger partial charge in [-0.25, -0.2) is 0 Å². The van der Waals surface area contributed by atoms with E-state index in [1.54, 1.807) is 4.90 Å². The number of aliphatic imine (C=N–C) groups is 1. The van der Waals surface area contributed by atoms with E-state index >= 15 is 0 Å². The number of aliphatic hydroxyl groups excluding tert-OH is 1. The number of nitrogens with one attached hydrogen (secondary N) is 1. The van der Waals surface area contributed by atoms with Gasteiger partial charge in [-0.2, -0.15) is 26.3 Å². The monoisotopic (exact) mass is 561 g/mol. The number of halogens is 7. The van der Waals surface area contributed by atoms with Crippen molar-refractivity contribution in [2.45, 2.75) is 31.7 Å². The summed E-state index contributed by atoms with van der Waals surface area (Å²) in [4.78, 5) is 18.6. The number of ether oxygens (including phenoxy) is 1. The lowest BCUT2D eigenvalue weighted by molar-refractivity contribution is -0.143. The molecule has 0 bridgehead atoms. The number of allylic oxidation sites excluding steroid dienone is 1. The van der Waals surface area contributed by atoms with Crippen molar-refractivity contribution in [3.63, 3.8) is 0 Å². The predicted molar refractivity (Wildman–Crippen MR) is 126 cm³/mol. The van der Waals surface area contributed by atoms with Gasteiger partial charge in [0.05, 0.1) is 42.4 Å². The van der Waals surface area contributed by atoms with Gasteiger partial charge in [-0.1, -0.05) is 12.1 Å². The molecule has 14 heteroatoms. The molecule has 2 saturated heterocycles. The smallest absolute Gasteiger partial charge is 0.394 e. The highest BCUT2D eigenvalue weighted by atomic mass is 35.5. The van der Waals surface area contributed by atoms with Crippen LogP contribution >= 0.6 is 24.2 Å². The molecule has 202 valence electrons. The van der Waals surface area contributed by atoms with Gasteiger partial charge >= 0.3 is 12.4 Å². The molecule has 2 aliphatic rings. The number of carbonyl (C=O) groups is 1. The van der Waals surface area contributed by atoms with Crippen LogP contribution in [0.5, 0.6) is 0 Å². The first kappa shape index (κ1) is 30.4. The number of rotatable bonds is 8. The SMILES string of the molecule is Cl.O=C1NC(=NCCOCCO)/C(=C/C2CCN(Cc3ccc(C(F)(F)F)cc3C(F)(F)F)CC2)S1. The van der Waals surface area contributed by atoms with Crippen molar-refractivity contribution in [2.75, 3.05) is 39.5 Å². The van der Waals surface area contributed by atoms with Gasteiger partial charge in [-0.05, 0) is 61.3 Å². The van der Waals surface area contributed by atoms with Gasteiger partial charge in [-0.3, -0.25) is 14.7 Å². The first-order valence-corrected chi connectivity index (χ1v) is 11.7. The second-order valence-electron chi connectivity index (χ2n) is 8.09. The van der Waals surface area contributed by atoms with Crippen molar-refractivity contribution in [1.82, 2.24) is 10.2 Å². The predicted octanol–water partition coefficient (Wildman–Crippen LogP) is 5.11. The summed E-state index contributed by atoms with van der Waals surface area (Å²) in [6.45, 7) is 1.51. The maximum atomic E-state index is 13.4. The van der Waals surface area contributed by atoms with E-state index in [0.29, 0.717) is 55.9 Å². The summed E-state index contributed by atoms with van der Waals surface area (Å²) in [6, 6.07) is 1.75. The number of amides is 1. The molecule has 0 spiro atoms. The third-order valence-electron chi connectivity index (χ3n) is 5.55. The second-order valence-corrected chi connectivity index (χ2v) is 9.11. The fourth-order valence-electron chi connectivity index (χ4n) is 3.84. The number of hydrogen-bond donors (Lipinski definition) is 2. The Hall–Kier alpha value is -1.80. The summed E-state index contributed by atoms with van der Waals surface area (Å²) in [7, 11) is 0. The van der Waals surface area contributed by atoms with E-state index < -0.39 is 23.5 Å². The van der Waals surface area contributed by atoms with Gasteiger partial charge < -0.3 is 15.2 Å². The molecule has 2 aliphatic heterocycles. The van der Waals surface area contributed by atoms with Gasteiger partial charge in [0.25, 0.3) is 5.24 Å². The Morgan fingerprint density at radius 3 is 2.44 bits per heavy atom. The average Bonchev–Trinajstić information content (AvgIpc) is 3.12. The van der Waals surface area contributed by atoms with E-state index in [2.05, 4.69) is 10.3 Å². The van der Waals surface area contributed by atoms with E-state index in [1.807, 2.05) is 6.08 Å². The van der Waals surface area contributed by atoms with Gasteiger partial charge in [0.1, 0.15) is 5.84 Å². The van der Waals surface area contributed by atoms with Crippen LogP contribution in [-0.2, 0) is 23.6 Å². The Balaban J connectivity index is 0.00000456.